The molecule has 0 bridgehead atoms. The number of para-hydroxylation sites is 1. The van der Waals surface area contributed by atoms with Crippen LogP contribution in [-0.2, 0) is 9.59 Å². The summed E-state index contributed by atoms with van der Waals surface area (Å²) in [5, 5.41) is 3.58. The highest BCUT2D eigenvalue weighted by Crippen LogP contribution is 2.34. The summed E-state index contributed by atoms with van der Waals surface area (Å²) in [6, 6.07) is 5.53. The number of amides is 2. The first-order valence-corrected chi connectivity index (χ1v) is 8.35. The van der Waals surface area contributed by atoms with E-state index in [1.807, 2.05) is 36.9 Å². The van der Waals surface area contributed by atoms with Crippen LogP contribution in [0.5, 0.6) is 0 Å². The maximum atomic E-state index is 12.1. The summed E-state index contributed by atoms with van der Waals surface area (Å²) in [5.41, 5.74) is 1.58. The van der Waals surface area contributed by atoms with E-state index in [9.17, 15) is 9.59 Å². The Bertz CT molecular complexity index is 581. The number of nitrogens with zero attached hydrogens (tertiary/aromatic N) is 2. The van der Waals surface area contributed by atoms with Crippen LogP contribution >= 0.6 is 11.6 Å². The van der Waals surface area contributed by atoms with Crippen molar-refractivity contribution in [2.45, 2.75) is 27.2 Å². The summed E-state index contributed by atoms with van der Waals surface area (Å²) < 4.78 is 0. The molecule has 5 nitrogen and oxygen atoms in total. The highest BCUT2D eigenvalue weighted by molar-refractivity contribution is 6.34. The lowest BCUT2D eigenvalue weighted by atomic mass is 10.1. The first kappa shape index (κ1) is 17.6. The molecule has 2 rings (SSSR count). The van der Waals surface area contributed by atoms with Gasteiger partial charge < -0.3 is 15.1 Å². The Morgan fingerprint density at radius 2 is 1.87 bits per heavy atom. The van der Waals surface area contributed by atoms with Crippen molar-refractivity contribution in [1.82, 2.24) is 4.90 Å². The molecule has 1 heterocycles. The van der Waals surface area contributed by atoms with Crippen LogP contribution in [0.2, 0.25) is 5.02 Å². The second-order valence-corrected chi connectivity index (χ2v) is 6.68. The molecule has 0 aliphatic carbocycles. The van der Waals surface area contributed by atoms with E-state index in [-0.39, 0.29) is 11.8 Å². The van der Waals surface area contributed by atoms with Gasteiger partial charge in [-0.05, 0) is 18.1 Å². The van der Waals surface area contributed by atoms with Gasteiger partial charge in [-0.2, -0.15) is 0 Å². The summed E-state index contributed by atoms with van der Waals surface area (Å²) in [7, 11) is 0. The molecular formula is C17H24ClN3O2. The minimum Gasteiger partial charge on any atom is -0.365 e. The number of hydrogen-bond donors (Lipinski definition) is 1. The van der Waals surface area contributed by atoms with Gasteiger partial charge in [0.2, 0.25) is 11.8 Å². The van der Waals surface area contributed by atoms with Crippen LogP contribution in [-0.4, -0.2) is 42.9 Å². The molecule has 1 aliphatic heterocycles. The molecule has 0 aromatic heterocycles. The molecule has 0 atom stereocenters. The first-order valence-electron chi connectivity index (χ1n) is 7.97. The molecule has 0 spiro atoms. The van der Waals surface area contributed by atoms with E-state index in [0.29, 0.717) is 43.5 Å². The van der Waals surface area contributed by atoms with Crippen LogP contribution in [0.15, 0.2) is 18.2 Å². The van der Waals surface area contributed by atoms with Crippen LogP contribution in [0.3, 0.4) is 0 Å². The molecule has 1 saturated heterocycles. The molecule has 2 amide bonds. The summed E-state index contributed by atoms with van der Waals surface area (Å²) >= 11 is 6.38. The number of halogens is 1. The van der Waals surface area contributed by atoms with Gasteiger partial charge in [0, 0.05) is 39.5 Å². The molecule has 126 valence electrons. The number of nitrogens with one attached hydrogen (secondary N) is 1. The van der Waals surface area contributed by atoms with Gasteiger partial charge in [-0.25, -0.2) is 0 Å². The standard InChI is InChI=1S/C17H24ClN3O2/c1-12(2)11-16(23)19-15-6-4-5-14(18)17(15)21-9-7-20(8-10-21)13(3)22/h4-6,12H,7-11H2,1-3H3,(H,19,23). The summed E-state index contributed by atoms with van der Waals surface area (Å²) in [6.07, 6.45) is 0.476. The van der Waals surface area contributed by atoms with Gasteiger partial charge in [-0.3, -0.25) is 9.59 Å². The maximum absolute atomic E-state index is 12.1. The average molecular weight is 338 g/mol. The van der Waals surface area contributed by atoms with Gasteiger partial charge in [0.15, 0.2) is 0 Å². The van der Waals surface area contributed by atoms with Crippen molar-refractivity contribution in [3.05, 3.63) is 23.2 Å². The molecule has 0 radical (unpaired) electrons. The molecule has 1 N–H and O–H groups in total. The fourth-order valence-electron chi connectivity index (χ4n) is 2.75. The molecule has 1 aliphatic rings. The van der Waals surface area contributed by atoms with Crippen molar-refractivity contribution >= 4 is 34.8 Å². The van der Waals surface area contributed by atoms with E-state index in [1.54, 1.807) is 6.92 Å². The van der Waals surface area contributed by atoms with E-state index in [2.05, 4.69) is 10.2 Å². The zero-order chi connectivity index (χ0) is 17.0. The number of anilines is 2. The van der Waals surface area contributed by atoms with Crippen LogP contribution in [0.1, 0.15) is 27.2 Å². The predicted octanol–water partition coefficient (Wildman–Crippen LogP) is 2.99. The summed E-state index contributed by atoms with van der Waals surface area (Å²) in [5.74, 6) is 0.386. The lowest BCUT2D eigenvalue weighted by Gasteiger charge is -2.37. The molecule has 0 saturated carbocycles. The molecule has 0 unspecified atom stereocenters. The van der Waals surface area contributed by atoms with Gasteiger partial charge in [0.05, 0.1) is 16.4 Å². The van der Waals surface area contributed by atoms with E-state index in [0.717, 1.165) is 11.4 Å². The number of carbonyl (C=O) groups is 2. The zero-order valence-corrected chi connectivity index (χ0v) is 14.7. The Labute approximate surface area is 142 Å². The normalized spacial score (nSPS) is 15.0. The SMILES string of the molecule is CC(=O)N1CCN(c2c(Cl)cccc2NC(=O)CC(C)C)CC1. The monoisotopic (exact) mass is 337 g/mol. The second kappa shape index (κ2) is 7.68. The third-order valence-electron chi connectivity index (χ3n) is 3.90. The van der Waals surface area contributed by atoms with Crippen molar-refractivity contribution in [2.75, 3.05) is 36.4 Å². The Balaban J connectivity index is 2.15. The van der Waals surface area contributed by atoms with E-state index >= 15 is 0 Å². The fraction of sp³-hybridized carbons (Fsp3) is 0.529. The largest absolute Gasteiger partial charge is 0.365 e. The Kier molecular flexibility index (Phi) is 5.88. The van der Waals surface area contributed by atoms with Gasteiger partial charge >= 0.3 is 0 Å². The van der Waals surface area contributed by atoms with Crippen molar-refractivity contribution in [2.24, 2.45) is 5.92 Å². The smallest absolute Gasteiger partial charge is 0.224 e. The number of rotatable bonds is 4. The van der Waals surface area contributed by atoms with Crippen LogP contribution < -0.4 is 10.2 Å². The topological polar surface area (TPSA) is 52.7 Å². The lowest BCUT2D eigenvalue weighted by molar-refractivity contribution is -0.129. The Morgan fingerprint density at radius 3 is 2.43 bits per heavy atom. The number of benzene rings is 1. The molecule has 6 heteroatoms. The van der Waals surface area contributed by atoms with E-state index < -0.39 is 0 Å². The Morgan fingerprint density at radius 1 is 1.22 bits per heavy atom. The van der Waals surface area contributed by atoms with Gasteiger partial charge in [-0.15, -0.1) is 0 Å². The first-order chi connectivity index (χ1) is 10.9. The molecule has 1 aromatic rings. The number of carbonyl (C=O) groups excluding carboxylic acids is 2. The molecule has 1 fully saturated rings. The van der Waals surface area contributed by atoms with Crippen molar-refractivity contribution < 1.29 is 9.59 Å². The predicted molar refractivity (Wildman–Crippen MR) is 94.0 cm³/mol. The van der Waals surface area contributed by atoms with Crippen molar-refractivity contribution in [3.8, 4) is 0 Å². The van der Waals surface area contributed by atoms with Crippen molar-refractivity contribution in [1.29, 1.82) is 0 Å². The van der Waals surface area contributed by atoms with Crippen LogP contribution in [0.4, 0.5) is 11.4 Å². The molecule has 23 heavy (non-hydrogen) atoms. The van der Waals surface area contributed by atoms with Crippen molar-refractivity contribution in [3.63, 3.8) is 0 Å². The lowest BCUT2D eigenvalue weighted by Crippen LogP contribution is -2.48. The van der Waals surface area contributed by atoms with E-state index in [4.69, 9.17) is 11.6 Å². The average Bonchev–Trinajstić information content (AvgIpc) is 2.46. The minimum atomic E-state index is -0.00844. The quantitative estimate of drug-likeness (QED) is 0.919. The molecular weight excluding hydrogens is 314 g/mol. The summed E-state index contributed by atoms with van der Waals surface area (Å²) in [4.78, 5) is 27.5. The van der Waals surface area contributed by atoms with Crippen LogP contribution in [0, 0.1) is 5.92 Å². The third-order valence-corrected chi connectivity index (χ3v) is 4.20. The van der Waals surface area contributed by atoms with Gasteiger partial charge in [-0.1, -0.05) is 31.5 Å². The maximum Gasteiger partial charge on any atom is 0.224 e. The minimum absolute atomic E-state index is 0.00844. The zero-order valence-electron chi connectivity index (χ0n) is 13.9. The highest BCUT2D eigenvalue weighted by Gasteiger charge is 2.23. The van der Waals surface area contributed by atoms with E-state index in [1.165, 1.54) is 0 Å². The number of hydrogen-bond acceptors (Lipinski definition) is 3. The van der Waals surface area contributed by atoms with Gasteiger partial charge in [0.1, 0.15) is 0 Å². The summed E-state index contributed by atoms with van der Waals surface area (Å²) in [6.45, 7) is 8.36. The molecule has 1 aromatic carbocycles. The van der Waals surface area contributed by atoms with Crippen LogP contribution in [0.25, 0.3) is 0 Å². The van der Waals surface area contributed by atoms with Gasteiger partial charge in [0.25, 0.3) is 0 Å². The third kappa shape index (κ3) is 4.61. The Hall–Kier alpha value is -1.75. The highest BCUT2D eigenvalue weighted by atomic mass is 35.5. The number of piperazine rings is 1. The fourth-order valence-corrected chi connectivity index (χ4v) is 3.05. The second-order valence-electron chi connectivity index (χ2n) is 6.28.